The van der Waals surface area contributed by atoms with Crippen molar-refractivity contribution in [3.8, 4) is 0 Å². The summed E-state index contributed by atoms with van der Waals surface area (Å²) >= 11 is 0. The zero-order chi connectivity index (χ0) is 15.6. The Morgan fingerprint density at radius 2 is 1.57 bits per heavy atom. The molecule has 0 atom stereocenters. The Morgan fingerprint density at radius 3 is 2.10 bits per heavy atom. The van der Waals surface area contributed by atoms with Crippen LogP contribution in [0.1, 0.15) is 0 Å². The Bertz CT molecular complexity index is 707. The zero-order valence-electron chi connectivity index (χ0n) is 11.8. The van der Waals surface area contributed by atoms with Crippen molar-refractivity contribution in [3.05, 3.63) is 12.7 Å². The van der Waals surface area contributed by atoms with Crippen molar-refractivity contribution in [1.82, 2.24) is 33.3 Å². The van der Waals surface area contributed by atoms with Gasteiger partial charge in [0.2, 0.25) is 10.3 Å². The molecule has 0 aliphatic carbocycles. The van der Waals surface area contributed by atoms with Gasteiger partial charge in [-0.3, -0.25) is 0 Å². The largest absolute Gasteiger partial charge is 0.323 e. The second-order valence-corrected chi connectivity index (χ2v) is 8.21. The van der Waals surface area contributed by atoms with Crippen LogP contribution in [-0.4, -0.2) is 70.0 Å². The van der Waals surface area contributed by atoms with Gasteiger partial charge in [-0.1, -0.05) is 0 Å². The van der Waals surface area contributed by atoms with Crippen LogP contribution in [0.5, 0.6) is 0 Å². The summed E-state index contributed by atoms with van der Waals surface area (Å²) in [6.07, 6.45) is 2.73. The fourth-order valence-corrected chi connectivity index (χ4v) is 3.30. The van der Waals surface area contributed by atoms with Gasteiger partial charge >= 0.3 is 10.2 Å². The van der Waals surface area contributed by atoms with Gasteiger partial charge in [-0.25, -0.2) is 9.97 Å². The first kappa shape index (κ1) is 16.1. The lowest BCUT2D eigenvalue weighted by Crippen LogP contribution is -2.29. The van der Waals surface area contributed by atoms with Crippen molar-refractivity contribution in [2.24, 2.45) is 0 Å². The molecule has 0 saturated carbocycles. The number of nitrogens with zero attached hydrogens (tertiary/aromatic N) is 8. The highest BCUT2D eigenvalue weighted by atomic mass is 33.1. The molecule has 0 aliphatic heterocycles. The average Bonchev–Trinajstić information content (AvgIpc) is 3.05. The lowest BCUT2D eigenvalue weighted by atomic mass is 11.1. The first-order valence-corrected chi connectivity index (χ1v) is 9.14. The van der Waals surface area contributed by atoms with Crippen LogP contribution in [0.3, 0.4) is 0 Å². The SMILES string of the molecule is CN(C)n1cnc(SSc2ncn(S(=O)(=O)N(C)C)n2)n1. The average molecular weight is 350 g/mol. The summed E-state index contributed by atoms with van der Waals surface area (Å²) in [5.41, 5.74) is 0. The van der Waals surface area contributed by atoms with E-state index in [1.165, 1.54) is 35.7 Å². The van der Waals surface area contributed by atoms with E-state index in [0.717, 1.165) is 14.7 Å². The first-order valence-electron chi connectivity index (χ1n) is 5.59. The minimum Gasteiger partial charge on any atom is -0.302 e. The predicted molar refractivity (Wildman–Crippen MR) is 79.8 cm³/mol. The minimum atomic E-state index is -3.63. The molecule has 0 aliphatic rings. The number of hydrogen-bond acceptors (Lipinski definition) is 9. The molecule has 0 amide bonds. The molecule has 2 heterocycles. The van der Waals surface area contributed by atoms with Crippen LogP contribution in [0.15, 0.2) is 23.0 Å². The Balaban J connectivity index is 2.03. The molecule has 0 spiro atoms. The van der Waals surface area contributed by atoms with Crippen molar-refractivity contribution in [3.63, 3.8) is 0 Å². The van der Waals surface area contributed by atoms with Crippen LogP contribution in [-0.2, 0) is 10.2 Å². The summed E-state index contributed by atoms with van der Waals surface area (Å²) in [7, 11) is 5.32. The molecule has 0 N–H and O–H groups in total. The maximum Gasteiger partial charge on any atom is 0.323 e. The van der Waals surface area contributed by atoms with E-state index in [4.69, 9.17) is 0 Å². The highest BCUT2D eigenvalue weighted by Gasteiger charge is 2.18. The van der Waals surface area contributed by atoms with Gasteiger partial charge in [0.05, 0.1) is 0 Å². The van der Waals surface area contributed by atoms with E-state index in [2.05, 4.69) is 20.2 Å². The Labute approximate surface area is 130 Å². The lowest BCUT2D eigenvalue weighted by Gasteiger charge is -2.09. The van der Waals surface area contributed by atoms with Crippen molar-refractivity contribution in [2.45, 2.75) is 10.3 Å². The molecule has 116 valence electrons. The Morgan fingerprint density at radius 1 is 1.00 bits per heavy atom. The van der Waals surface area contributed by atoms with E-state index in [-0.39, 0.29) is 0 Å². The lowest BCUT2D eigenvalue weighted by molar-refractivity contribution is 0.502. The van der Waals surface area contributed by atoms with E-state index in [9.17, 15) is 8.42 Å². The molecule has 10 nitrogen and oxygen atoms in total. The van der Waals surface area contributed by atoms with Gasteiger partial charge in [0.25, 0.3) is 0 Å². The van der Waals surface area contributed by atoms with E-state index >= 15 is 0 Å². The van der Waals surface area contributed by atoms with Gasteiger partial charge in [-0.15, -0.1) is 14.3 Å². The molecule has 0 aromatic carbocycles. The second-order valence-electron chi connectivity index (χ2n) is 4.15. The monoisotopic (exact) mass is 350 g/mol. The summed E-state index contributed by atoms with van der Waals surface area (Å²) in [5.74, 6) is 0. The normalized spacial score (nSPS) is 12.0. The van der Waals surface area contributed by atoms with Crippen LogP contribution < -0.4 is 5.01 Å². The third-order valence-electron chi connectivity index (χ3n) is 2.21. The van der Waals surface area contributed by atoms with Gasteiger partial charge in [0.15, 0.2) is 0 Å². The van der Waals surface area contributed by atoms with E-state index in [1.54, 1.807) is 16.1 Å². The molecule has 0 unspecified atom stereocenters. The smallest absolute Gasteiger partial charge is 0.302 e. The Kier molecular flexibility index (Phi) is 4.75. The molecular weight excluding hydrogens is 336 g/mol. The minimum absolute atomic E-state index is 0.312. The topological polar surface area (TPSA) is 102 Å². The molecule has 21 heavy (non-hydrogen) atoms. The van der Waals surface area contributed by atoms with E-state index in [0.29, 0.717) is 10.3 Å². The fraction of sp³-hybridized carbons (Fsp3) is 0.500. The molecule has 2 rings (SSSR count). The van der Waals surface area contributed by atoms with Crippen molar-refractivity contribution in [2.75, 3.05) is 33.2 Å². The van der Waals surface area contributed by atoms with Crippen LogP contribution in [0, 0.1) is 0 Å². The molecule has 0 bridgehead atoms. The summed E-state index contributed by atoms with van der Waals surface area (Å²) in [6.45, 7) is 0. The predicted octanol–water partition coefficient (Wildman–Crippen LogP) is -0.479. The van der Waals surface area contributed by atoms with Gasteiger partial charge in [0, 0.05) is 28.2 Å². The fourth-order valence-electron chi connectivity index (χ4n) is 1.10. The van der Waals surface area contributed by atoms with Crippen LogP contribution >= 0.6 is 21.6 Å². The van der Waals surface area contributed by atoms with Crippen molar-refractivity contribution >= 4 is 31.8 Å². The molecule has 0 radical (unpaired) electrons. The third-order valence-corrected chi connectivity index (χ3v) is 5.68. The zero-order valence-corrected chi connectivity index (χ0v) is 14.2. The van der Waals surface area contributed by atoms with Crippen molar-refractivity contribution < 1.29 is 8.42 Å². The quantitative estimate of drug-likeness (QED) is 0.639. The van der Waals surface area contributed by atoms with Crippen LogP contribution in [0.2, 0.25) is 0 Å². The third kappa shape index (κ3) is 3.66. The Hall–Kier alpha value is -1.31. The number of rotatable bonds is 6. The highest BCUT2D eigenvalue weighted by Crippen LogP contribution is 2.32. The molecule has 2 aromatic rings. The summed E-state index contributed by atoms with van der Waals surface area (Å²) in [6, 6.07) is 0. The maximum atomic E-state index is 11.8. The standard InChI is InChI=1S/C8H14N8O2S3/c1-13(2)15-5-9-7(11-15)19-20-8-10-6-16(12-8)21(17,18)14(3)4/h5-6H,1-4H3. The van der Waals surface area contributed by atoms with Gasteiger partial charge in [-0.2, -0.15) is 17.5 Å². The molecule has 2 aromatic heterocycles. The van der Waals surface area contributed by atoms with Crippen LogP contribution in [0.4, 0.5) is 0 Å². The number of hydrogen-bond donors (Lipinski definition) is 0. The van der Waals surface area contributed by atoms with Crippen LogP contribution in [0.25, 0.3) is 0 Å². The first-order chi connectivity index (χ1) is 9.80. The summed E-state index contributed by atoms with van der Waals surface area (Å²) in [5, 5.41) is 10.7. The molecule has 0 fully saturated rings. The molecule has 13 heteroatoms. The van der Waals surface area contributed by atoms with Crippen molar-refractivity contribution in [1.29, 1.82) is 0 Å². The maximum absolute atomic E-state index is 11.8. The molecular formula is C8H14N8O2S3. The van der Waals surface area contributed by atoms with E-state index < -0.39 is 10.2 Å². The van der Waals surface area contributed by atoms with Gasteiger partial charge in [-0.05, 0) is 21.6 Å². The van der Waals surface area contributed by atoms with Gasteiger partial charge < -0.3 is 5.01 Å². The van der Waals surface area contributed by atoms with E-state index in [1.807, 2.05) is 14.1 Å². The summed E-state index contributed by atoms with van der Waals surface area (Å²) < 4.78 is 25.5. The molecule has 0 saturated heterocycles. The number of aromatic nitrogens is 6. The second kappa shape index (κ2) is 6.21. The highest BCUT2D eigenvalue weighted by molar-refractivity contribution is 8.76. The summed E-state index contributed by atoms with van der Waals surface area (Å²) in [4.78, 5) is 9.61. The van der Waals surface area contributed by atoms with Gasteiger partial charge in [0.1, 0.15) is 12.7 Å².